The molecule has 2 aliphatic heterocycles. The van der Waals surface area contributed by atoms with Crippen molar-refractivity contribution in [2.24, 2.45) is 0 Å². The molecule has 8 heteroatoms. The quantitative estimate of drug-likeness (QED) is 0.776. The van der Waals surface area contributed by atoms with E-state index in [1.54, 1.807) is 6.92 Å². The molecular weight excluding hydrogens is 374 g/mol. The van der Waals surface area contributed by atoms with Crippen molar-refractivity contribution in [2.75, 3.05) is 13.1 Å². The molecule has 0 radical (unpaired) electrons. The van der Waals surface area contributed by atoms with Crippen LogP contribution in [0.3, 0.4) is 0 Å². The van der Waals surface area contributed by atoms with E-state index in [2.05, 4.69) is 9.97 Å². The fourth-order valence-corrected chi connectivity index (χ4v) is 4.94. The minimum Gasteiger partial charge on any atom is -0.338 e. The molecular formula is C20H25N5O2S. The van der Waals surface area contributed by atoms with Gasteiger partial charge in [0.1, 0.15) is 4.88 Å². The number of rotatable bonds is 2. The Morgan fingerprint density at radius 2 is 2.00 bits per heavy atom. The number of hydrogen-bond acceptors (Lipinski definition) is 6. The van der Waals surface area contributed by atoms with Gasteiger partial charge < -0.3 is 9.80 Å². The molecule has 2 amide bonds. The Bertz CT molecular complexity index is 925. The molecule has 1 atom stereocenters. The van der Waals surface area contributed by atoms with Crippen molar-refractivity contribution in [1.82, 2.24) is 24.8 Å². The lowest BCUT2D eigenvalue weighted by Crippen LogP contribution is -2.40. The summed E-state index contributed by atoms with van der Waals surface area (Å²) in [4.78, 5) is 43.2. The van der Waals surface area contributed by atoms with Gasteiger partial charge in [-0.2, -0.15) is 0 Å². The van der Waals surface area contributed by atoms with E-state index in [0.717, 1.165) is 64.9 Å². The van der Waals surface area contributed by atoms with Crippen molar-refractivity contribution in [3.63, 3.8) is 0 Å². The van der Waals surface area contributed by atoms with E-state index in [0.29, 0.717) is 13.1 Å². The molecule has 1 fully saturated rings. The summed E-state index contributed by atoms with van der Waals surface area (Å²) in [5.41, 5.74) is 2.81. The Balaban J connectivity index is 1.61. The second-order valence-corrected chi connectivity index (χ2v) is 8.75. The van der Waals surface area contributed by atoms with Crippen molar-refractivity contribution < 1.29 is 9.59 Å². The first-order chi connectivity index (χ1) is 13.4. The summed E-state index contributed by atoms with van der Waals surface area (Å²) < 4.78 is 0. The highest BCUT2D eigenvalue weighted by Gasteiger charge is 2.33. The molecule has 4 heterocycles. The third-order valence-electron chi connectivity index (χ3n) is 5.56. The molecule has 0 bridgehead atoms. The lowest BCUT2D eigenvalue weighted by atomic mass is 10.00. The summed E-state index contributed by atoms with van der Waals surface area (Å²) in [7, 11) is 0. The number of hydrogen-bond donors (Lipinski definition) is 0. The third-order valence-corrected chi connectivity index (χ3v) is 6.62. The smallest absolute Gasteiger partial charge is 0.266 e. The molecule has 28 heavy (non-hydrogen) atoms. The predicted octanol–water partition coefficient (Wildman–Crippen LogP) is 2.82. The van der Waals surface area contributed by atoms with Crippen LogP contribution in [0.25, 0.3) is 0 Å². The van der Waals surface area contributed by atoms with Crippen LogP contribution in [0.15, 0.2) is 6.20 Å². The van der Waals surface area contributed by atoms with E-state index in [1.165, 1.54) is 11.3 Å². The highest BCUT2D eigenvalue weighted by molar-refractivity contribution is 7.13. The molecule has 0 spiro atoms. The van der Waals surface area contributed by atoms with Crippen LogP contribution in [-0.4, -0.2) is 49.7 Å². The number of aryl methyl sites for hydroxylation is 2. The zero-order valence-electron chi connectivity index (χ0n) is 16.6. The Kier molecular flexibility index (Phi) is 5.14. The first-order valence-corrected chi connectivity index (χ1v) is 10.6. The molecule has 4 rings (SSSR count). The second kappa shape index (κ2) is 7.58. The largest absolute Gasteiger partial charge is 0.338 e. The minimum atomic E-state index is -0.0980. The van der Waals surface area contributed by atoms with Gasteiger partial charge in [-0.05, 0) is 33.1 Å². The van der Waals surface area contributed by atoms with Crippen LogP contribution < -0.4 is 0 Å². The number of carbonyl (C=O) groups is 2. The summed E-state index contributed by atoms with van der Waals surface area (Å²) in [5, 5.41) is 0.912. The molecule has 2 aromatic rings. The Hall–Kier alpha value is -2.35. The molecule has 0 saturated carbocycles. The van der Waals surface area contributed by atoms with E-state index in [-0.39, 0.29) is 17.9 Å². The van der Waals surface area contributed by atoms with Gasteiger partial charge in [0.05, 0.1) is 22.4 Å². The van der Waals surface area contributed by atoms with Gasteiger partial charge in [0.25, 0.3) is 5.91 Å². The Morgan fingerprint density at radius 1 is 1.18 bits per heavy atom. The monoisotopic (exact) mass is 399 g/mol. The van der Waals surface area contributed by atoms with Crippen LogP contribution in [0, 0.1) is 13.8 Å². The number of piperidine rings is 1. The van der Waals surface area contributed by atoms with E-state index in [9.17, 15) is 9.59 Å². The SMILES string of the molecule is CC(=O)N1CCc2nc(C3CCCCN3C(=O)c3sc(C)nc3C)ncc2C1. The van der Waals surface area contributed by atoms with Crippen molar-refractivity contribution in [1.29, 1.82) is 0 Å². The number of amides is 2. The molecule has 1 unspecified atom stereocenters. The normalized spacial score (nSPS) is 19.5. The molecule has 2 aromatic heterocycles. The summed E-state index contributed by atoms with van der Waals surface area (Å²) in [6.07, 6.45) is 5.51. The van der Waals surface area contributed by atoms with E-state index in [1.807, 2.05) is 29.8 Å². The number of carbonyl (C=O) groups excluding carboxylic acids is 2. The molecule has 0 aromatic carbocycles. The van der Waals surface area contributed by atoms with Crippen LogP contribution >= 0.6 is 11.3 Å². The summed E-state index contributed by atoms with van der Waals surface area (Å²) in [5.74, 6) is 0.841. The fraction of sp³-hybridized carbons (Fsp3) is 0.550. The zero-order chi connectivity index (χ0) is 19.8. The second-order valence-electron chi connectivity index (χ2n) is 7.55. The highest BCUT2D eigenvalue weighted by Crippen LogP contribution is 2.32. The first kappa shape index (κ1) is 19.0. The van der Waals surface area contributed by atoms with Crippen LogP contribution in [0.4, 0.5) is 0 Å². The topological polar surface area (TPSA) is 79.3 Å². The van der Waals surface area contributed by atoms with Crippen molar-refractivity contribution in [3.8, 4) is 0 Å². The van der Waals surface area contributed by atoms with E-state index in [4.69, 9.17) is 4.98 Å². The summed E-state index contributed by atoms with van der Waals surface area (Å²) >= 11 is 1.46. The van der Waals surface area contributed by atoms with Crippen LogP contribution in [-0.2, 0) is 17.8 Å². The molecule has 0 N–H and O–H groups in total. The average Bonchev–Trinajstić information content (AvgIpc) is 3.04. The van der Waals surface area contributed by atoms with Gasteiger partial charge in [-0.15, -0.1) is 11.3 Å². The molecule has 7 nitrogen and oxygen atoms in total. The van der Waals surface area contributed by atoms with E-state index >= 15 is 0 Å². The van der Waals surface area contributed by atoms with E-state index < -0.39 is 0 Å². The van der Waals surface area contributed by atoms with Gasteiger partial charge >= 0.3 is 0 Å². The fourth-order valence-electron chi connectivity index (χ4n) is 4.06. The zero-order valence-corrected chi connectivity index (χ0v) is 17.4. The van der Waals surface area contributed by atoms with Crippen molar-refractivity contribution in [2.45, 2.75) is 59.0 Å². The lowest BCUT2D eigenvalue weighted by Gasteiger charge is -2.35. The van der Waals surface area contributed by atoms with Gasteiger partial charge in [-0.3, -0.25) is 9.59 Å². The number of thiazole rings is 1. The van der Waals surface area contributed by atoms with Gasteiger partial charge in [0.2, 0.25) is 5.91 Å². The maximum atomic E-state index is 13.2. The predicted molar refractivity (Wildman–Crippen MR) is 106 cm³/mol. The molecule has 148 valence electrons. The van der Waals surface area contributed by atoms with Gasteiger partial charge in [-0.1, -0.05) is 0 Å². The van der Waals surface area contributed by atoms with Crippen LogP contribution in [0.2, 0.25) is 0 Å². The lowest BCUT2D eigenvalue weighted by molar-refractivity contribution is -0.129. The first-order valence-electron chi connectivity index (χ1n) is 9.79. The number of aromatic nitrogens is 3. The molecule has 1 saturated heterocycles. The highest BCUT2D eigenvalue weighted by atomic mass is 32.1. The van der Waals surface area contributed by atoms with Gasteiger partial charge in [0, 0.05) is 44.7 Å². The number of likely N-dealkylation sites (tertiary alicyclic amines) is 1. The molecule has 0 aliphatic carbocycles. The minimum absolute atomic E-state index is 0.0388. The summed E-state index contributed by atoms with van der Waals surface area (Å²) in [6, 6.07) is -0.0980. The summed E-state index contributed by atoms with van der Waals surface area (Å²) in [6.45, 7) is 7.39. The van der Waals surface area contributed by atoms with Crippen molar-refractivity contribution >= 4 is 23.2 Å². The van der Waals surface area contributed by atoms with Crippen molar-refractivity contribution in [3.05, 3.63) is 38.9 Å². The maximum absolute atomic E-state index is 13.2. The number of fused-ring (bicyclic) bond motifs is 1. The Morgan fingerprint density at radius 3 is 2.71 bits per heavy atom. The molecule has 2 aliphatic rings. The average molecular weight is 400 g/mol. The Labute approximate surface area is 168 Å². The van der Waals surface area contributed by atoms with Gasteiger partial charge in [0.15, 0.2) is 5.82 Å². The van der Waals surface area contributed by atoms with Crippen LogP contribution in [0.5, 0.6) is 0 Å². The van der Waals surface area contributed by atoms with Gasteiger partial charge in [-0.25, -0.2) is 15.0 Å². The number of nitrogens with zero attached hydrogens (tertiary/aromatic N) is 5. The maximum Gasteiger partial charge on any atom is 0.266 e. The standard InChI is InChI=1S/C20H25N5O2S/c1-12-18(28-13(2)22-12)20(27)25-8-5-4-6-17(25)19-21-10-15-11-24(14(3)26)9-7-16(15)23-19/h10,17H,4-9,11H2,1-3H3. The van der Waals surface area contributed by atoms with Crippen LogP contribution in [0.1, 0.15) is 69.7 Å². The third kappa shape index (κ3) is 3.53.